The molecule has 0 radical (unpaired) electrons. The highest BCUT2D eigenvalue weighted by Gasteiger charge is 2.45. The Hall–Kier alpha value is -2.25. The fraction of sp³-hybridized carbons (Fsp3) is 0.400. The summed E-state index contributed by atoms with van der Waals surface area (Å²) < 4.78 is 52.5. The maximum Gasteiger partial charge on any atom is 0.408 e. The number of halogens is 3. The third-order valence-corrected chi connectivity index (χ3v) is 4.57. The fourth-order valence-electron chi connectivity index (χ4n) is 3.26. The molecule has 2 aromatic rings. The van der Waals surface area contributed by atoms with E-state index in [1.54, 1.807) is 0 Å². The molecule has 1 heterocycles. The lowest BCUT2D eigenvalue weighted by Crippen LogP contribution is -2.49. The molecular weight excluding hydrogens is 357 g/mol. The Labute approximate surface area is 156 Å². The SMILES string of the molecule is COc1ccc([C@@H](N2CCNCC2)C(F)(F)F)cc1OCc1ccccc1. The topological polar surface area (TPSA) is 33.7 Å². The summed E-state index contributed by atoms with van der Waals surface area (Å²) >= 11 is 0. The lowest BCUT2D eigenvalue weighted by atomic mass is 10.0. The highest BCUT2D eigenvalue weighted by Crippen LogP contribution is 2.41. The molecule has 1 atom stereocenters. The first-order valence-corrected chi connectivity index (χ1v) is 8.85. The second-order valence-electron chi connectivity index (χ2n) is 6.41. The van der Waals surface area contributed by atoms with Gasteiger partial charge in [0.1, 0.15) is 12.6 Å². The van der Waals surface area contributed by atoms with Gasteiger partial charge in [0.25, 0.3) is 0 Å². The van der Waals surface area contributed by atoms with E-state index in [0.717, 1.165) is 5.56 Å². The van der Waals surface area contributed by atoms with Gasteiger partial charge in [0.15, 0.2) is 11.5 Å². The van der Waals surface area contributed by atoms with Crippen molar-refractivity contribution in [3.8, 4) is 11.5 Å². The van der Waals surface area contributed by atoms with Crippen molar-refractivity contribution in [1.82, 2.24) is 10.2 Å². The van der Waals surface area contributed by atoms with Gasteiger partial charge in [-0.1, -0.05) is 36.4 Å². The maximum absolute atomic E-state index is 13.8. The van der Waals surface area contributed by atoms with Crippen molar-refractivity contribution in [2.24, 2.45) is 0 Å². The van der Waals surface area contributed by atoms with Gasteiger partial charge in [-0.05, 0) is 23.3 Å². The molecule has 0 aromatic heterocycles. The van der Waals surface area contributed by atoms with E-state index in [1.165, 1.54) is 30.2 Å². The van der Waals surface area contributed by atoms with Gasteiger partial charge in [0, 0.05) is 26.2 Å². The van der Waals surface area contributed by atoms with Crippen molar-refractivity contribution in [2.75, 3.05) is 33.3 Å². The van der Waals surface area contributed by atoms with Crippen LogP contribution in [-0.4, -0.2) is 44.4 Å². The summed E-state index contributed by atoms with van der Waals surface area (Å²) in [7, 11) is 1.47. The largest absolute Gasteiger partial charge is 0.493 e. The van der Waals surface area contributed by atoms with E-state index in [0.29, 0.717) is 37.7 Å². The zero-order chi connectivity index (χ0) is 19.3. The number of benzene rings is 2. The molecule has 146 valence electrons. The molecule has 7 heteroatoms. The minimum atomic E-state index is -4.37. The number of hydrogen-bond acceptors (Lipinski definition) is 4. The lowest BCUT2D eigenvalue weighted by molar-refractivity contribution is -0.187. The van der Waals surface area contributed by atoms with Crippen LogP contribution < -0.4 is 14.8 Å². The minimum absolute atomic E-state index is 0.160. The van der Waals surface area contributed by atoms with E-state index in [4.69, 9.17) is 9.47 Å². The average molecular weight is 380 g/mol. The molecule has 0 bridgehead atoms. The minimum Gasteiger partial charge on any atom is -0.493 e. The maximum atomic E-state index is 13.8. The van der Waals surface area contributed by atoms with Crippen molar-refractivity contribution < 1.29 is 22.6 Å². The van der Waals surface area contributed by atoms with Gasteiger partial charge in [-0.15, -0.1) is 0 Å². The summed E-state index contributed by atoms with van der Waals surface area (Å²) in [6, 6.07) is 12.3. The predicted octanol–water partition coefficient (Wildman–Crippen LogP) is 3.78. The van der Waals surface area contributed by atoms with Crippen molar-refractivity contribution >= 4 is 0 Å². The molecule has 4 nitrogen and oxygen atoms in total. The van der Waals surface area contributed by atoms with Gasteiger partial charge in [0.2, 0.25) is 0 Å². The van der Waals surface area contributed by atoms with Crippen molar-refractivity contribution in [2.45, 2.75) is 18.8 Å². The van der Waals surface area contributed by atoms with Crippen LogP contribution in [0.3, 0.4) is 0 Å². The monoisotopic (exact) mass is 380 g/mol. The second-order valence-corrected chi connectivity index (χ2v) is 6.41. The third-order valence-electron chi connectivity index (χ3n) is 4.57. The molecule has 0 aliphatic carbocycles. The van der Waals surface area contributed by atoms with E-state index in [1.807, 2.05) is 30.3 Å². The first kappa shape index (κ1) is 19.5. The normalized spacial score (nSPS) is 16.7. The molecule has 0 unspecified atom stereocenters. The molecule has 2 aromatic carbocycles. The highest BCUT2D eigenvalue weighted by atomic mass is 19.4. The number of methoxy groups -OCH3 is 1. The van der Waals surface area contributed by atoms with Crippen LogP contribution in [0.25, 0.3) is 0 Å². The van der Waals surface area contributed by atoms with Gasteiger partial charge in [0.05, 0.1) is 7.11 Å². The van der Waals surface area contributed by atoms with Gasteiger partial charge in [-0.3, -0.25) is 4.90 Å². The number of nitrogens with zero attached hydrogens (tertiary/aromatic N) is 1. The van der Waals surface area contributed by atoms with E-state index >= 15 is 0 Å². The Kier molecular flexibility index (Phi) is 6.23. The Balaban J connectivity index is 1.87. The molecule has 0 amide bonds. The van der Waals surface area contributed by atoms with Gasteiger partial charge in [-0.2, -0.15) is 13.2 Å². The molecule has 1 aliphatic rings. The summed E-state index contributed by atoms with van der Waals surface area (Å²) in [4.78, 5) is 1.46. The molecular formula is C20H23F3N2O2. The van der Waals surface area contributed by atoms with Crippen LogP contribution in [0, 0.1) is 0 Å². The van der Waals surface area contributed by atoms with E-state index in [2.05, 4.69) is 5.32 Å². The standard InChI is InChI=1S/C20H23F3N2O2/c1-26-17-8-7-16(13-18(17)27-14-15-5-3-2-4-6-15)19(20(21,22)23)25-11-9-24-10-12-25/h2-8,13,19,24H,9-12,14H2,1H3/t19-/m1/s1. The molecule has 1 N–H and O–H groups in total. The van der Waals surface area contributed by atoms with E-state index in [-0.39, 0.29) is 12.2 Å². The van der Waals surface area contributed by atoms with Gasteiger partial charge < -0.3 is 14.8 Å². The quantitative estimate of drug-likeness (QED) is 0.827. The Morgan fingerprint density at radius 1 is 1.04 bits per heavy atom. The van der Waals surface area contributed by atoms with Crippen LogP contribution in [0.15, 0.2) is 48.5 Å². The number of rotatable bonds is 6. The van der Waals surface area contributed by atoms with Crippen molar-refractivity contribution in [3.63, 3.8) is 0 Å². The first-order chi connectivity index (χ1) is 13.0. The Bertz CT molecular complexity index is 732. The van der Waals surface area contributed by atoms with Crippen LogP contribution in [0.4, 0.5) is 13.2 Å². The lowest BCUT2D eigenvalue weighted by Gasteiger charge is -2.36. The Morgan fingerprint density at radius 3 is 2.37 bits per heavy atom. The highest BCUT2D eigenvalue weighted by molar-refractivity contribution is 5.44. The van der Waals surface area contributed by atoms with Crippen LogP contribution in [-0.2, 0) is 6.61 Å². The van der Waals surface area contributed by atoms with Crippen LogP contribution in [0.1, 0.15) is 17.2 Å². The molecule has 1 fully saturated rings. The van der Waals surface area contributed by atoms with E-state index in [9.17, 15) is 13.2 Å². The summed E-state index contributed by atoms with van der Waals surface area (Å²) in [5.74, 6) is 0.721. The predicted molar refractivity (Wildman–Crippen MR) is 97.0 cm³/mol. The molecule has 0 spiro atoms. The van der Waals surface area contributed by atoms with Crippen LogP contribution >= 0.6 is 0 Å². The fourth-order valence-corrected chi connectivity index (χ4v) is 3.26. The molecule has 0 saturated carbocycles. The summed E-state index contributed by atoms with van der Waals surface area (Å²) in [6.45, 7) is 2.03. The summed E-state index contributed by atoms with van der Waals surface area (Å²) in [5.41, 5.74) is 1.09. The smallest absolute Gasteiger partial charge is 0.408 e. The van der Waals surface area contributed by atoms with Gasteiger partial charge >= 0.3 is 6.18 Å². The van der Waals surface area contributed by atoms with Crippen molar-refractivity contribution in [3.05, 3.63) is 59.7 Å². The molecule has 1 aliphatic heterocycles. The van der Waals surface area contributed by atoms with Gasteiger partial charge in [-0.25, -0.2) is 0 Å². The third kappa shape index (κ3) is 4.93. The number of nitrogens with one attached hydrogen (secondary N) is 1. The first-order valence-electron chi connectivity index (χ1n) is 8.85. The average Bonchev–Trinajstić information content (AvgIpc) is 2.67. The number of alkyl halides is 3. The number of piperazine rings is 1. The Morgan fingerprint density at radius 2 is 1.74 bits per heavy atom. The van der Waals surface area contributed by atoms with Crippen molar-refractivity contribution in [1.29, 1.82) is 0 Å². The van der Waals surface area contributed by atoms with E-state index < -0.39 is 12.2 Å². The summed E-state index contributed by atoms with van der Waals surface area (Å²) in [6.07, 6.45) is -4.37. The number of hydrogen-bond donors (Lipinski definition) is 1. The van der Waals surface area contributed by atoms with Crippen LogP contribution in [0.2, 0.25) is 0 Å². The number of ether oxygens (including phenoxy) is 2. The summed E-state index contributed by atoms with van der Waals surface area (Å²) in [5, 5.41) is 3.09. The molecule has 1 saturated heterocycles. The zero-order valence-corrected chi connectivity index (χ0v) is 15.1. The molecule has 27 heavy (non-hydrogen) atoms. The van der Waals surface area contributed by atoms with Crippen LogP contribution in [0.5, 0.6) is 11.5 Å². The zero-order valence-electron chi connectivity index (χ0n) is 15.1. The molecule has 3 rings (SSSR count). The second kappa shape index (κ2) is 8.63.